The highest BCUT2D eigenvalue weighted by Gasteiger charge is 2.14. The molecule has 3 N–H and O–H groups in total. The number of rotatable bonds is 8. The van der Waals surface area contributed by atoms with Crippen LogP contribution >= 0.6 is 0 Å². The number of aliphatic hydroxyl groups excluding tert-OH is 1. The number of nitrogens with zero attached hydrogens (tertiary/aromatic N) is 2. The molecule has 0 bridgehead atoms. The number of hydrogen-bond donors (Lipinski definition) is 3. The number of aryl methyl sites for hydroxylation is 1. The minimum absolute atomic E-state index is 0.148. The average molecular weight is 330 g/mol. The molecular formula is C18H26N4O2. The fraction of sp³-hybridized carbons (Fsp3) is 0.444. The number of aromatic nitrogens is 2. The molecule has 0 aliphatic heterocycles. The molecule has 6 heteroatoms. The largest absolute Gasteiger partial charge is 0.396 e. The molecule has 1 aromatic heterocycles. The second kappa shape index (κ2) is 9.08. The maximum atomic E-state index is 12.2. The molecule has 0 saturated carbocycles. The first-order chi connectivity index (χ1) is 11.6. The summed E-state index contributed by atoms with van der Waals surface area (Å²) in [6.07, 6.45) is 4.52. The maximum absolute atomic E-state index is 12.2. The zero-order valence-electron chi connectivity index (χ0n) is 14.3. The number of carbonyl (C=O) groups is 1. The molecule has 1 heterocycles. The Labute approximate surface area is 142 Å². The lowest BCUT2D eigenvalue weighted by Crippen LogP contribution is -2.33. The van der Waals surface area contributed by atoms with Crippen molar-refractivity contribution < 1.29 is 9.90 Å². The predicted molar refractivity (Wildman–Crippen MR) is 95.8 cm³/mol. The third-order valence-electron chi connectivity index (χ3n) is 3.91. The summed E-state index contributed by atoms with van der Waals surface area (Å²) in [6.45, 7) is 2.81. The van der Waals surface area contributed by atoms with Gasteiger partial charge in [0.25, 0.3) is 0 Å². The molecule has 130 valence electrons. The summed E-state index contributed by atoms with van der Waals surface area (Å²) in [4.78, 5) is 12.2. The van der Waals surface area contributed by atoms with E-state index in [0.717, 1.165) is 24.1 Å². The van der Waals surface area contributed by atoms with E-state index < -0.39 is 0 Å². The van der Waals surface area contributed by atoms with Gasteiger partial charge in [-0.15, -0.1) is 0 Å². The average Bonchev–Trinajstić information content (AvgIpc) is 2.94. The van der Waals surface area contributed by atoms with Gasteiger partial charge in [-0.05, 0) is 18.8 Å². The Morgan fingerprint density at radius 3 is 2.71 bits per heavy atom. The zero-order valence-corrected chi connectivity index (χ0v) is 14.3. The minimum Gasteiger partial charge on any atom is -0.396 e. The van der Waals surface area contributed by atoms with Crippen LogP contribution in [0.3, 0.4) is 0 Å². The normalized spacial score (nSPS) is 12.0. The second-order valence-electron chi connectivity index (χ2n) is 5.93. The van der Waals surface area contributed by atoms with Crippen LogP contribution in [0.25, 0.3) is 11.3 Å². The molecule has 1 atom stereocenters. The van der Waals surface area contributed by atoms with Crippen molar-refractivity contribution in [2.24, 2.45) is 13.0 Å². The number of amides is 2. The molecule has 24 heavy (non-hydrogen) atoms. The van der Waals surface area contributed by atoms with E-state index in [1.165, 1.54) is 0 Å². The van der Waals surface area contributed by atoms with Crippen LogP contribution in [-0.4, -0.2) is 34.1 Å². The summed E-state index contributed by atoms with van der Waals surface area (Å²) < 4.78 is 1.68. The Kier molecular flexibility index (Phi) is 6.81. The minimum atomic E-state index is -0.251. The molecular weight excluding hydrogens is 304 g/mol. The van der Waals surface area contributed by atoms with E-state index in [9.17, 15) is 4.79 Å². The van der Waals surface area contributed by atoms with Gasteiger partial charge in [0.05, 0.1) is 5.69 Å². The van der Waals surface area contributed by atoms with E-state index in [0.29, 0.717) is 24.6 Å². The first kappa shape index (κ1) is 18.0. The molecule has 2 aromatic rings. The van der Waals surface area contributed by atoms with Gasteiger partial charge in [-0.25, -0.2) is 4.79 Å². The number of aliphatic hydroxyl groups is 1. The zero-order chi connectivity index (χ0) is 17.4. The summed E-state index contributed by atoms with van der Waals surface area (Å²) in [7, 11) is 1.83. The van der Waals surface area contributed by atoms with Crippen molar-refractivity contribution in [1.29, 1.82) is 0 Å². The number of urea groups is 1. The smallest absolute Gasteiger partial charge is 0.319 e. The van der Waals surface area contributed by atoms with Crippen molar-refractivity contribution in [3.8, 4) is 11.3 Å². The number of carbonyl (C=O) groups excluding carboxylic acids is 1. The van der Waals surface area contributed by atoms with E-state index >= 15 is 0 Å². The Balaban J connectivity index is 1.99. The van der Waals surface area contributed by atoms with Crippen LogP contribution in [0.15, 0.2) is 36.5 Å². The lowest BCUT2D eigenvalue weighted by Gasteiger charge is -2.16. The van der Waals surface area contributed by atoms with E-state index in [-0.39, 0.29) is 12.6 Å². The van der Waals surface area contributed by atoms with Crippen LogP contribution in [-0.2, 0) is 7.05 Å². The van der Waals surface area contributed by atoms with Gasteiger partial charge in [0, 0.05) is 32.0 Å². The van der Waals surface area contributed by atoms with Crippen molar-refractivity contribution in [3.05, 3.63) is 36.5 Å². The van der Waals surface area contributed by atoms with Crippen molar-refractivity contribution in [1.82, 2.24) is 15.1 Å². The summed E-state index contributed by atoms with van der Waals surface area (Å²) in [5.74, 6) is 0.299. The molecule has 0 saturated heterocycles. The van der Waals surface area contributed by atoms with Gasteiger partial charge in [-0.2, -0.15) is 5.10 Å². The Hall–Kier alpha value is -2.34. The molecule has 0 aliphatic carbocycles. The van der Waals surface area contributed by atoms with E-state index in [4.69, 9.17) is 5.11 Å². The van der Waals surface area contributed by atoms with Crippen LogP contribution in [0.2, 0.25) is 0 Å². The van der Waals surface area contributed by atoms with Gasteiger partial charge < -0.3 is 15.7 Å². The fourth-order valence-corrected chi connectivity index (χ4v) is 2.73. The van der Waals surface area contributed by atoms with Crippen LogP contribution in [0.1, 0.15) is 26.2 Å². The molecule has 1 unspecified atom stereocenters. The van der Waals surface area contributed by atoms with Crippen LogP contribution < -0.4 is 10.6 Å². The molecule has 0 spiro atoms. The van der Waals surface area contributed by atoms with Gasteiger partial charge in [0.1, 0.15) is 5.69 Å². The van der Waals surface area contributed by atoms with Gasteiger partial charge >= 0.3 is 6.03 Å². The first-order valence-electron chi connectivity index (χ1n) is 8.38. The lowest BCUT2D eigenvalue weighted by atomic mass is 10.0. The van der Waals surface area contributed by atoms with Crippen molar-refractivity contribution >= 4 is 11.7 Å². The van der Waals surface area contributed by atoms with E-state index in [1.807, 2.05) is 37.4 Å². The maximum Gasteiger partial charge on any atom is 0.319 e. The molecule has 6 nitrogen and oxygen atoms in total. The molecule has 0 radical (unpaired) electrons. The van der Waals surface area contributed by atoms with Gasteiger partial charge in [0.15, 0.2) is 0 Å². The predicted octanol–water partition coefficient (Wildman–Crippen LogP) is 3.01. The topological polar surface area (TPSA) is 79.2 Å². The second-order valence-corrected chi connectivity index (χ2v) is 5.93. The van der Waals surface area contributed by atoms with Crippen molar-refractivity contribution in [2.45, 2.75) is 26.2 Å². The number of nitrogens with one attached hydrogen (secondary N) is 2. The third kappa shape index (κ3) is 5.09. The number of anilines is 1. The molecule has 2 rings (SSSR count). The molecule has 0 fully saturated rings. The summed E-state index contributed by atoms with van der Waals surface area (Å²) in [5.41, 5.74) is 2.38. The quantitative estimate of drug-likeness (QED) is 0.696. The Morgan fingerprint density at radius 1 is 1.29 bits per heavy atom. The Morgan fingerprint density at radius 2 is 2.04 bits per heavy atom. The van der Waals surface area contributed by atoms with E-state index in [2.05, 4.69) is 22.7 Å². The highest BCUT2D eigenvalue weighted by atomic mass is 16.3. The van der Waals surface area contributed by atoms with Gasteiger partial charge in [0.2, 0.25) is 0 Å². The highest BCUT2D eigenvalue weighted by Crippen LogP contribution is 2.25. The van der Waals surface area contributed by atoms with Crippen LogP contribution in [0.5, 0.6) is 0 Å². The summed E-state index contributed by atoms with van der Waals surface area (Å²) in [5, 5.41) is 19.3. The first-order valence-corrected chi connectivity index (χ1v) is 8.38. The Bertz CT molecular complexity index is 634. The van der Waals surface area contributed by atoms with Crippen LogP contribution in [0.4, 0.5) is 10.5 Å². The molecule has 1 aromatic carbocycles. The SMILES string of the molecule is CCCC(CCO)CNC(=O)Nc1cn(C)nc1-c1ccccc1. The fourth-order valence-electron chi connectivity index (χ4n) is 2.73. The van der Waals surface area contributed by atoms with E-state index in [1.54, 1.807) is 10.9 Å². The van der Waals surface area contributed by atoms with Crippen LogP contribution in [0, 0.1) is 5.92 Å². The highest BCUT2D eigenvalue weighted by molar-refractivity contribution is 5.93. The lowest BCUT2D eigenvalue weighted by molar-refractivity contribution is 0.237. The molecule has 2 amide bonds. The number of hydrogen-bond acceptors (Lipinski definition) is 3. The third-order valence-corrected chi connectivity index (χ3v) is 3.91. The monoisotopic (exact) mass is 330 g/mol. The molecule has 0 aliphatic rings. The summed E-state index contributed by atoms with van der Waals surface area (Å²) in [6, 6.07) is 9.50. The van der Waals surface area contributed by atoms with Gasteiger partial charge in [-0.3, -0.25) is 4.68 Å². The standard InChI is InChI=1S/C18H26N4O2/c1-3-7-14(10-11-23)12-19-18(24)20-16-13-22(2)21-17(16)15-8-5-4-6-9-15/h4-6,8-9,13-14,23H,3,7,10-12H2,1-2H3,(H2,19,20,24). The number of benzene rings is 1. The van der Waals surface area contributed by atoms with Crippen molar-refractivity contribution in [2.75, 3.05) is 18.5 Å². The summed E-state index contributed by atoms with van der Waals surface area (Å²) >= 11 is 0. The van der Waals surface area contributed by atoms with Gasteiger partial charge in [-0.1, -0.05) is 43.7 Å². The van der Waals surface area contributed by atoms with Crippen molar-refractivity contribution in [3.63, 3.8) is 0 Å².